The monoisotopic (exact) mass is 489 g/mol. The third kappa shape index (κ3) is 3.02. The first-order chi connectivity index (χ1) is 13.7. The number of nitrogens with zero attached hydrogens (tertiary/aromatic N) is 2. The van der Waals surface area contributed by atoms with E-state index in [1.807, 2.05) is 0 Å². The van der Waals surface area contributed by atoms with Crippen molar-refractivity contribution in [1.29, 1.82) is 0 Å². The Bertz CT molecular complexity index is 1250. The predicted molar refractivity (Wildman–Crippen MR) is 122 cm³/mol. The van der Waals surface area contributed by atoms with Crippen molar-refractivity contribution in [3.63, 3.8) is 0 Å². The highest BCUT2D eigenvalue weighted by atomic mass is 79.9. The van der Waals surface area contributed by atoms with Crippen LogP contribution in [0.25, 0.3) is 10.9 Å². The summed E-state index contributed by atoms with van der Waals surface area (Å²) in [6.45, 7) is 0. The number of nitrogens with one attached hydrogen (secondary N) is 1. The summed E-state index contributed by atoms with van der Waals surface area (Å²) in [5, 5.41) is 3.48. The van der Waals surface area contributed by atoms with Crippen LogP contribution in [-0.4, -0.2) is 28.8 Å². The van der Waals surface area contributed by atoms with Gasteiger partial charge in [0.05, 0.1) is 27.6 Å². The van der Waals surface area contributed by atoms with Crippen molar-refractivity contribution in [2.45, 2.75) is 0 Å². The Balaban J connectivity index is 1.97. The molecule has 1 aromatic heterocycles. The zero-order valence-corrected chi connectivity index (χ0v) is 18.1. The highest BCUT2D eigenvalue weighted by Gasteiger charge is 2.32. The lowest BCUT2D eigenvalue weighted by Gasteiger charge is -2.18. The van der Waals surface area contributed by atoms with Gasteiger partial charge in [0.1, 0.15) is 10.7 Å². The minimum absolute atomic E-state index is 0.0103. The number of halogens is 2. The molecule has 29 heavy (non-hydrogen) atoms. The summed E-state index contributed by atoms with van der Waals surface area (Å²) in [4.78, 5) is 31.1. The Kier molecular flexibility index (Phi) is 4.68. The minimum Gasteiger partial charge on any atom is -0.396 e. The van der Waals surface area contributed by atoms with Gasteiger partial charge in [-0.05, 0) is 30.3 Å². The molecular formula is C19H13BrClN5O2S. The Morgan fingerprint density at radius 2 is 1.93 bits per heavy atom. The first-order valence-electron chi connectivity index (χ1n) is 8.31. The fourth-order valence-corrected chi connectivity index (χ4v) is 4.01. The van der Waals surface area contributed by atoms with E-state index >= 15 is 0 Å². The number of thiocarbonyl (C=S) groups is 1. The normalized spacial score (nSPS) is 12.5. The average Bonchev–Trinajstić information content (AvgIpc) is 2.95. The van der Waals surface area contributed by atoms with Gasteiger partial charge in [0.2, 0.25) is 0 Å². The Labute approximate surface area is 184 Å². The number of nitrogen functional groups attached to an aromatic ring is 1. The topological polar surface area (TPSA) is 114 Å². The summed E-state index contributed by atoms with van der Waals surface area (Å²) in [5.41, 5.74) is 14.0. The fourth-order valence-electron chi connectivity index (χ4n) is 3.27. The van der Waals surface area contributed by atoms with Crippen LogP contribution >= 0.6 is 39.7 Å². The van der Waals surface area contributed by atoms with Gasteiger partial charge < -0.3 is 21.7 Å². The summed E-state index contributed by atoms with van der Waals surface area (Å²) >= 11 is 15.3. The third-order valence-electron chi connectivity index (χ3n) is 4.67. The number of rotatable bonds is 3. The molecule has 0 fully saturated rings. The smallest absolute Gasteiger partial charge is 0.267 e. The first-order valence-corrected chi connectivity index (χ1v) is 9.89. The van der Waals surface area contributed by atoms with E-state index in [4.69, 9.17) is 35.3 Å². The molecule has 2 heterocycles. The van der Waals surface area contributed by atoms with Crippen molar-refractivity contribution in [1.82, 2.24) is 4.98 Å². The maximum atomic E-state index is 12.8. The second-order valence-electron chi connectivity index (χ2n) is 6.42. The molecule has 0 unspecified atom stereocenters. The lowest BCUT2D eigenvalue weighted by Crippen LogP contribution is -2.21. The molecule has 0 aliphatic carbocycles. The largest absolute Gasteiger partial charge is 0.396 e. The van der Waals surface area contributed by atoms with E-state index in [0.29, 0.717) is 32.7 Å². The lowest BCUT2D eigenvalue weighted by atomic mass is 10.1. The molecular weight excluding hydrogens is 478 g/mol. The van der Waals surface area contributed by atoms with Gasteiger partial charge >= 0.3 is 0 Å². The number of carbonyl (C=O) groups is 2. The van der Waals surface area contributed by atoms with Crippen LogP contribution < -0.4 is 21.7 Å². The number of anilines is 3. The molecule has 1 aliphatic rings. The number of pyridine rings is 1. The molecule has 0 saturated carbocycles. The minimum atomic E-state index is -0.722. The number of benzene rings is 2. The summed E-state index contributed by atoms with van der Waals surface area (Å²) < 4.78 is 0.839. The van der Waals surface area contributed by atoms with Crippen LogP contribution in [-0.2, 0) is 0 Å². The van der Waals surface area contributed by atoms with Gasteiger partial charge in [0.15, 0.2) is 0 Å². The fraction of sp³-hybridized carbons (Fsp3) is 0.0526. The van der Waals surface area contributed by atoms with Gasteiger partial charge in [-0.25, -0.2) is 4.98 Å². The molecule has 0 radical (unpaired) electrons. The van der Waals surface area contributed by atoms with Crippen LogP contribution in [0.3, 0.4) is 0 Å². The number of primary amides is 1. The van der Waals surface area contributed by atoms with E-state index in [1.165, 1.54) is 6.07 Å². The van der Waals surface area contributed by atoms with Crippen LogP contribution in [0, 0.1) is 0 Å². The average molecular weight is 491 g/mol. The zero-order valence-electron chi connectivity index (χ0n) is 14.9. The van der Waals surface area contributed by atoms with Crippen LogP contribution in [0.2, 0.25) is 5.02 Å². The number of aromatic nitrogens is 1. The van der Waals surface area contributed by atoms with Crippen molar-refractivity contribution < 1.29 is 9.59 Å². The Morgan fingerprint density at radius 1 is 1.28 bits per heavy atom. The van der Waals surface area contributed by atoms with Gasteiger partial charge in [-0.3, -0.25) is 9.59 Å². The van der Waals surface area contributed by atoms with Gasteiger partial charge in [-0.1, -0.05) is 39.7 Å². The van der Waals surface area contributed by atoms with Crippen molar-refractivity contribution in [3.05, 3.63) is 56.6 Å². The molecule has 10 heteroatoms. The van der Waals surface area contributed by atoms with Crippen molar-refractivity contribution in [3.8, 4) is 0 Å². The Morgan fingerprint density at radius 3 is 2.55 bits per heavy atom. The molecule has 1 aliphatic heterocycles. The number of nitrogens with two attached hydrogens (primary N) is 2. The summed E-state index contributed by atoms with van der Waals surface area (Å²) in [7, 11) is 1.74. The molecule has 5 N–H and O–H groups in total. The Hall–Kier alpha value is -2.75. The maximum absolute atomic E-state index is 12.8. The van der Waals surface area contributed by atoms with Crippen molar-refractivity contribution >= 4 is 84.5 Å². The van der Waals surface area contributed by atoms with Gasteiger partial charge in [0, 0.05) is 28.0 Å². The summed E-state index contributed by atoms with van der Waals surface area (Å²) in [6.07, 6.45) is 0. The molecule has 146 valence electrons. The number of hydrogen-bond acceptors (Lipinski definition) is 5. The predicted octanol–water partition coefficient (Wildman–Crippen LogP) is 3.71. The second-order valence-corrected chi connectivity index (χ2v) is 8.10. The second kappa shape index (κ2) is 6.94. The highest BCUT2D eigenvalue weighted by molar-refractivity contribution is 9.10. The zero-order chi connectivity index (χ0) is 21.0. The van der Waals surface area contributed by atoms with Crippen LogP contribution in [0.15, 0.2) is 34.8 Å². The SMILES string of the molecule is CN1C(=S)c2cc(C(N)=O)nc3c(NC(=O)c4ccc(Br)cc4)c(Cl)c(N)c1c23. The molecule has 0 saturated heterocycles. The van der Waals surface area contributed by atoms with Gasteiger partial charge in [-0.2, -0.15) is 0 Å². The number of amides is 2. The lowest BCUT2D eigenvalue weighted by molar-refractivity contribution is 0.0994. The van der Waals surface area contributed by atoms with Gasteiger partial charge in [-0.15, -0.1) is 0 Å². The summed E-state index contributed by atoms with van der Waals surface area (Å²) in [6, 6.07) is 8.32. The quantitative estimate of drug-likeness (QED) is 0.381. The van der Waals surface area contributed by atoms with Crippen LogP contribution in [0.4, 0.5) is 17.1 Å². The number of carbonyl (C=O) groups excluding carboxylic acids is 2. The molecule has 0 atom stereocenters. The summed E-state index contributed by atoms with van der Waals surface area (Å²) in [5.74, 6) is -1.13. The van der Waals surface area contributed by atoms with Crippen molar-refractivity contribution in [2.75, 3.05) is 23.0 Å². The molecule has 0 bridgehead atoms. The molecule has 7 nitrogen and oxygen atoms in total. The van der Waals surface area contributed by atoms with E-state index in [-0.39, 0.29) is 22.1 Å². The number of hydrogen-bond donors (Lipinski definition) is 3. The molecule has 0 spiro atoms. The molecule has 2 aromatic carbocycles. The standard InChI is InChI=1S/C19H13BrClN5O2S/c1-26-16-11-9(19(26)29)6-10(17(23)27)24-14(11)15(12(21)13(16)22)25-18(28)7-2-4-8(20)5-3-7/h2-6H,22H2,1H3,(H2,23,27)(H,25,28). The maximum Gasteiger partial charge on any atom is 0.267 e. The highest BCUT2D eigenvalue weighted by Crippen LogP contribution is 2.48. The van der Waals surface area contributed by atoms with E-state index in [9.17, 15) is 9.59 Å². The van der Waals surface area contributed by atoms with Crippen LogP contribution in [0.5, 0.6) is 0 Å². The van der Waals surface area contributed by atoms with E-state index in [0.717, 1.165) is 4.47 Å². The van der Waals surface area contributed by atoms with Gasteiger partial charge in [0.25, 0.3) is 11.8 Å². The van der Waals surface area contributed by atoms with E-state index in [1.54, 1.807) is 36.2 Å². The van der Waals surface area contributed by atoms with E-state index < -0.39 is 11.8 Å². The third-order valence-corrected chi connectivity index (χ3v) is 6.09. The molecule has 2 amide bonds. The first kappa shape index (κ1) is 19.6. The van der Waals surface area contributed by atoms with Crippen molar-refractivity contribution in [2.24, 2.45) is 5.73 Å². The van der Waals surface area contributed by atoms with E-state index in [2.05, 4.69) is 26.2 Å². The molecule has 3 aromatic rings. The molecule has 4 rings (SSSR count). The van der Waals surface area contributed by atoms with Crippen LogP contribution in [0.1, 0.15) is 26.4 Å².